The minimum Gasteiger partial charge on any atom is -0.493 e. The molecule has 60 heavy (non-hydrogen) atoms. The van der Waals surface area contributed by atoms with Crippen LogP contribution in [-0.2, 0) is 4.74 Å². The highest BCUT2D eigenvalue weighted by molar-refractivity contribution is 8.77. The van der Waals surface area contributed by atoms with Crippen molar-refractivity contribution in [1.29, 1.82) is 0 Å². The average molecular weight is 861 g/mol. The second kappa shape index (κ2) is 18.8. The molecule has 1 unspecified atom stereocenters. The second-order valence-corrected chi connectivity index (χ2v) is 18.1. The number of aliphatic imine (C=N–C) groups is 1. The first kappa shape index (κ1) is 44.0. The first-order valence-electron chi connectivity index (χ1n) is 19.2. The molecule has 7 rings (SSSR count). The first-order chi connectivity index (χ1) is 28.6. The number of rotatable bonds is 12. The van der Waals surface area contributed by atoms with Crippen molar-refractivity contribution in [2.24, 2.45) is 4.99 Å². The Morgan fingerprint density at radius 2 is 1.65 bits per heavy atom. The lowest BCUT2D eigenvalue weighted by Gasteiger charge is -2.32. The number of carbonyl (C=O) groups excluding carboxylic acids is 3. The predicted octanol–water partition coefficient (Wildman–Crippen LogP) is 7.59. The Balaban J connectivity index is 0.00000144. The van der Waals surface area contributed by atoms with E-state index in [0.717, 1.165) is 29.6 Å². The van der Waals surface area contributed by atoms with Crippen LogP contribution in [0.1, 0.15) is 73.2 Å². The third-order valence-electron chi connectivity index (χ3n) is 9.79. The third kappa shape index (κ3) is 10.0. The fourth-order valence-corrected chi connectivity index (χ4v) is 9.02. The van der Waals surface area contributed by atoms with Gasteiger partial charge in [0.1, 0.15) is 17.4 Å². The summed E-state index contributed by atoms with van der Waals surface area (Å²) in [6.07, 6.45) is 6.58. The third-order valence-corrected chi connectivity index (χ3v) is 13.0. The highest BCUT2D eigenvalue weighted by Gasteiger charge is 2.45. The number of aromatic nitrogens is 1. The Bertz CT molecular complexity index is 2230. The molecule has 1 N–H and O–H groups in total. The molecule has 3 atom stereocenters. The number of ether oxygens (including phenoxy) is 4. The Hall–Kier alpha value is -5.59. The summed E-state index contributed by atoms with van der Waals surface area (Å²) >= 11 is 0. The molecule has 18 heteroatoms. The van der Waals surface area contributed by atoms with E-state index >= 15 is 0 Å². The van der Waals surface area contributed by atoms with Gasteiger partial charge in [-0.1, -0.05) is 28.0 Å². The largest absolute Gasteiger partial charge is 0.493 e. The lowest BCUT2D eigenvalue weighted by molar-refractivity contribution is -0.445. The summed E-state index contributed by atoms with van der Waals surface area (Å²) in [5, 5.41) is 21.4. The van der Waals surface area contributed by atoms with Gasteiger partial charge in [0.25, 0.3) is 11.8 Å². The van der Waals surface area contributed by atoms with Crippen LogP contribution in [0.5, 0.6) is 17.2 Å². The molecule has 0 spiro atoms. The van der Waals surface area contributed by atoms with E-state index in [0.29, 0.717) is 46.9 Å². The van der Waals surface area contributed by atoms with Crippen molar-refractivity contribution in [2.75, 3.05) is 38.9 Å². The van der Waals surface area contributed by atoms with E-state index in [1.165, 1.54) is 38.5 Å². The fraction of sp³-hybridized carbons (Fsp3) is 0.405. The molecule has 0 saturated carbocycles. The van der Waals surface area contributed by atoms with Crippen LogP contribution in [-0.4, -0.2) is 106 Å². The lowest BCUT2D eigenvalue weighted by atomic mass is 10.1. The van der Waals surface area contributed by atoms with Gasteiger partial charge in [0.2, 0.25) is 0 Å². The van der Waals surface area contributed by atoms with Gasteiger partial charge in [-0.2, -0.15) is 0 Å². The number of pyridine rings is 1. The Labute approximate surface area is 356 Å². The summed E-state index contributed by atoms with van der Waals surface area (Å²) in [4.78, 5) is 62.9. The van der Waals surface area contributed by atoms with E-state index < -0.39 is 28.0 Å². The van der Waals surface area contributed by atoms with Gasteiger partial charge in [-0.05, 0) is 88.1 Å². The van der Waals surface area contributed by atoms with Crippen LogP contribution >= 0.6 is 21.6 Å². The van der Waals surface area contributed by atoms with Crippen LogP contribution in [0.15, 0.2) is 82.2 Å². The summed E-state index contributed by atoms with van der Waals surface area (Å²) < 4.78 is 23.3. The molecule has 4 aliphatic heterocycles. The molecule has 0 saturated heterocycles. The van der Waals surface area contributed by atoms with Crippen molar-refractivity contribution in [2.45, 2.75) is 82.0 Å². The van der Waals surface area contributed by atoms with Crippen LogP contribution in [0, 0.1) is 17.0 Å². The summed E-state index contributed by atoms with van der Waals surface area (Å²) in [5.41, 5.74) is 4.13. The van der Waals surface area contributed by atoms with E-state index in [2.05, 4.69) is 9.98 Å². The zero-order valence-electron chi connectivity index (χ0n) is 34.4. The number of benzene rings is 2. The van der Waals surface area contributed by atoms with Crippen molar-refractivity contribution in [3.05, 3.63) is 99.0 Å². The van der Waals surface area contributed by atoms with Gasteiger partial charge >= 0.3 is 6.09 Å². The zero-order chi connectivity index (χ0) is 43.3. The number of carbonyl (C=O) groups is 3. The van der Waals surface area contributed by atoms with E-state index in [1.54, 1.807) is 47.8 Å². The lowest BCUT2D eigenvalue weighted by Crippen LogP contribution is -2.51. The van der Waals surface area contributed by atoms with Gasteiger partial charge < -0.3 is 33.9 Å². The number of fused-ring (bicyclic) bond motifs is 4. The van der Waals surface area contributed by atoms with Gasteiger partial charge in [0.05, 0.1) is 59.7 Å². The molecule has 16 nitrogen and oxygen atoms in total. The highest BCUT2D eigenvalue weighted by Crippen LogP contribution is 2.43. The molecule has 2 aromatic carbocycles. The Morgan fingerprint density at radius 3 is 2.35 bits per heavy atom. The van der Waals surface area contributed by atoms with Crippen molar-refractivity contribution in [3.63, 3.8) is 0 Å². The molecule has 5 heterocycles. The van der Waals surface area contributed by atoms with Crippen LogP contribution in [0.3, 0.4) is 0 Å². The maximum atomic E-state index is 14.0. The molecule has 4 aliphatic rings. The molecular weight excluding hydrogens is 813 g/mol. The summed E-state index contributed by atoms with van der Waals surface area (Å²) in [5.74, 6) is 0.852. The number of nitrogens with zero attached hydrogens (tertiary/aromatic N) is 6. The number of aryl methyl sites for hydroxylation is 1. The number of aliphatic hydroxyl groups excluding tert-OH is 1. The molecule has 0 bridgehead atoms. The van der Waals surface area contributed by atoms with Crippen molar-refractivity contribution >= 4 is 57.1 Å². The Morgan fingerprint density at radius 1 is 0.967 bits per heavy atom. The molecule has 0 fully saturated rings. The van der Waals surface area contributed by atoms with Gasteiger partial charge in [-0.25, -0.2) is 14.7 Å². The van der Waals surface area contributed by atoms with E-state index in [4.69, 9.17) is 29.1 Å². The fourth-order valence-electron chi connectivity index (χ4n) is 6.99. The maximum Gasteiger partial charge on any atom is 0.416 e. The summed E-state index contributed by atoms with van der Waals surface area (Å²) in [6, 6.07) is 11.6. The topological polar surface area (TPSA) is 186 Å². The minimum atomic E-state index is -1.38. The smallest absolute Gasteiger partial charge is 0.416 e. The molecule has 3 amide bonds. The van der Waals surface area contributed by atoms with Crippen molar-refractivity contribution in [3.8, 4) is 17.2 Å². The van der Waals surface area contributed by atoms with E-state index in [9.17, 15) is 19.5 Å². The SMILES string of the molecule is COc1cc2c(cc1OCCCOc1cc3c(cc1C)C(=O)N1C=C(C)C[C@H]1C(O)N3C(=O)OCC(C)(C)SSc1ccccn1)N=C[C@@H]1CC(C)=CN1C2=O.C[N+](=O)[O-]. The van der Waals surface area contributed by atoms with Gasteiger partial charge in [0.15, 0.2) is 24.8 Å². The highest BCUT2D eigenvalue weighted by atomic mass is 33.1. The molecule has 0 aliphatic carbocycles. The quantitative estimate of drug-likeness (QED) is 0.0814. The van der Waals surface area contributed by atoms with Crippen LogP contribution < -0.4 is 19.1 Å². The number of hydrogen-bond donors (Lipinski definition) is 1. The number of anilines is 1. The van der Waals surface area contributed by atoms with Crippen molar-refractivity contribution < 1.29 is 43.4 Å². The molecule has 3 aromatic rings. The number of hydrogen-bond acceptors (Lipinski definition) is 14. The van der Waals surface area contributed by atoms with Gasteiger partial charge in [0, 0.05) is 48.3 Å². The Kier molecular flexibility index (Phi) is 13.8. The normalized spacial score (nSPS) is 19.1. The molecule has 1 aromatic heterocycles. The second-order valence-electron chi connectivity index (χ2n) is 15.3. The van der Waals surface area contributed by atoms with Crippen LogP contribution in [0.2, 0.25) is 0 Å². The van der Waals surface area contributed by atoms with Crippen molar-refractivity contribution in [1.82, 2.24) is 14.8 Å². The number of amides is 3. The van der Waals surface area contributed by atoms with Gasteiger partial charge in [-0.3, -0.25) is 24.7 Å². The summed E-state index contributed by atoms with van der Waals surface area (Å²) in [6.45, 7) is 10.2. The maximum absolute atomic E-state index is 14.0. The first-order valence-corrected chi connectivity index (χ1v) is 21.4. The molecular formula is C42H48N6O10S2. The number of nitro groups is 1. The van der Waals surface area contributed by atoms with Gasteiger partial charge in [-0.15, -0.1) is 0 Å². The molecule has 0 radical (unpaired) electrons. The minimum absolute atomic E-state index is 0.0391. The van der Waals surface area contributed by atoms with E-state index in [-0.39, 0.29) is 48.9 Å². The summed E-state index contributed by atoms with van der Waals surface area (Å²) in [7, 11) is 5.42. The zero-order valence-corrected chi connectivity index (χ0v) is 36.1. The average Bonchev–Trinajstić information content (AvgIpc) is 3.75. The standard InChI is InChI=1S/C41H45N5O8S2.CH3NO2/c1-24-14-27-20-43-30-18-35(34(51-6)17-28(30)37(47)44(27)21-24)53-13-9-12-52-33-19-31-29(16-26(33)3)38(48)45-22-25(2)15-32(45)39(49)46(31)40(50)54-23-41(4,5)56-55-36-10-7-8-11-42-36;1-2(3)4/h7-8,10-11,16-22,27,32,39,49H,9,12-15,23H2,1-6H3;1H3/t27-,32-,39?;/m0./s1. The monoisotopic (exact) mass is 860 g/mol. The predicted molar refractivity (Wildman–Crippen MR) is 229 cm³/mol. The molecule has 318 valence electrons. The van der Waals surface area contributed by atoms with E-state index in [1.807, 2.05) is 59.0 Å². The van der Waals surface area contributed by atoms with Crippen LogP contribution in [0.25, 0.3) is 0 Å². The van der Waals surface area contributed by atoms with Crippen LogP contribution in [0.4, 0.5) is 16.2 Å². The number of aliphatic hydroxyl groups is 1. The number of methoxy groups -OCH3 is 1.